The highest BCUT2D eigenvalue weighted by atomic mass is 16.6. The molecule has 304 valence electrons. The zero-order valence-corrected chi connectivity index (χ0v) is 32.7. The largest absolute Gasteiger partial charge is 0.472 e. The summed E-state index contributed by atoms with van der Waals surface area (Å²) in [7, 11) is 0. The first-order chi connectivity index (χ1) is 26.0. The van der Waals surface area contributed by atoms with E-state index < -0.39 is 112 Å². The number of carbonyl (C=O) groups is 5. The van der Waals surface area contributed by atoms with Gasteiger partial charge < -0.3 is 49.1 Å². The van der Waals surface area contributed by atoms with Crippen LogP contribution in [0.2, 0.25) is 0 Å². The third kappa shape index (κ3) is 6.37. The lowest BCUT2D eigenvalue weighted by molar-refractivity contribution is -0.346. The van der Waals surface area contributed by atoms with Gasteiger partial charge in [-0.15, -0.1) is 0 Å². The molecule has 3 aliphatic carbocycles. The highest BCUT2D eigenvalue weighted by Gasteiger charge is 2.78. The second-order valence-electron chi connectivity index (χ2n) is 17.4. The number of benzene rings is 1. The van der Waals surface area contributed by atoms with Gasteiger partial charge in [0.2, 0.25) is 0 Å². The molecule has 4 aliphatic rings. The number of carbonyl (C=O) groups excluding carboxylic acids is 5. The van der Waals surface area contributed by atoms with Crippen molar-refractivity contribution in [2.24, 2.45) is 22.2 Å². The fourth-order valence-corrected chi connectivity index (χ4v) is 9.51. The summed E-state index contributed by atoms with van der Waals surface area (Å²) in [5.41, 5.74) is -8.21. The first kappa shape index (κ1) is 41.2. The molecule has 56 heavy (non-hydrogen) atoms. The first-order valence-corrected chi connectivity index (χ1v) is 18.6. The number of rotatable bonds is 8. The van der Waals surface area contributed by atoms with E-state index in [1.54, 1.807) is 52.8 Å². The van der Waals surface area contributed by atoms with Crippen LogP contribution in [0, 0.1) is 22.2 Å². The zero-order chi connectivity index (χ0) is 41.3. The summed E-state index contributed by atoms with van der Waals surface area (Å²) >= 11 is 0. The summed E-state index contributed by atoms with van der Waals surface area (Å²) < 4.78 is 29.1. The molecular weight excluding hydrogens is 730 g/mol. The minimum atomic E-state index is -2.33. The van der Waals surface area contributed by atoms with E-state index in [4.69, 9.17) is 23.4 Å². The maximum absolute atomic E-state index is 14.9. The van der Waals surface area contributed by atoms with E-state index in [1.807, 2.05) is 0 Å². The molecule has 1 aliphatic heterocycles. The molecule has 5 N–H and O–H groups in total. The number of fused-ring (bicyclic) bond motifs is 5. The monoisotopic (exact) mass is 781 g/mol. The average molecular weight is 782 g/mol. The number of ketones is 1. The summed E-state index contributed by atoms with van der Waals surface area (Å²) in [6.45, 7) is 12.0. The number of hydrogen-bond acceptors (Lipinski definition) is 14. The molecule has 1 saturated heterocycles. The second kappa shape index (κ2) is 14.2. The van der Waals surface area contributed by atoms with E-state index in [2.05, 4.69) is 5.32 Å². The van der Waals surface area contributed by atoms with E-state index in [1.165, 1.54) is 44.6 Å². The number of Topliss-reactive ketones (excluding diaryl/α,β-unsaturated/α-hetero) is 1. The minimum absolute atomic E-state index is 0.0506. The van der Waals surface area contributed by atoms with E-state index in [0.29, 0.717) is 0 Å². The molecule has 2 saturated carbocycles. The Morgan fingerprint density at radius 1 is 1.00 bits per heavy atom. The molecule has 1 unspecified atom stereocenters. The number of esters is 3. The fourth-order valence-electron chi connectivity index (χ4n) is 9.51. The maximum atomic E-state index is 14.9. The Morgan fingerprint density at radius 3 is 2.21 bits per heavy atom. The molecule has 0 radical (unpaired) electrons. The lowest BCUT2D eigenvalue weighted by Gasteiger charge is -2.67. The number of aliphatic hydroxyl groups is 4. The van der Waals surface area contributed by atoms with Crippen molar-refractivity contribution < 1.29 is 67.8 Å². The number of amides is 1. The predicted molar refractivity (Wildman–Crippen MR) is 194 cm³/mol. The van der Waals surface area contributed by atoms with Gasteiger partial charge in [0.1, 0.15) is 36.3 Å². The summed E-state index contributed by atoms with van der Waals surface area (Å²) in [6, 6.07) is 8.08. The van der Waals surface area contributed by atoms with Crippen LogP contribution in [0.3, 0.4) is 0 Å². The van der Waals surface area contributed by atoms with E-state index in [0.717, 1.165) is 6.92 Å². The molecule has 15 heteroatoms. The van der Waals surface area contributed by atoms with Gasteiger partial charge in [-0.2, -0.15) is 0 Å². The lowest BCUT2D eigenvalue weighted by Crippen LogP contribution is -2.81. The third-order valence-corrected chi connectivity index (χ3v) is 12.7. The third-order valence-electron chi connectivity index (χ3n) is 12.7. The van der Waals surface area contributed by atoms with Crippen molar-refractivity contribution in [1.82, 2.24) is 5.32 Å². The van der Waals surface area contributed by atoms with Crippen molar-refractivity contribution in [3.63, 3.8) is 0 Å². The molecule has 2 aromatic rings. The Kier molecular flexibility index (Phi) is 10.5. The molecule has 2 heterocycles. The summed E-state index contributed by atoms with van der Waals surface area (Å²) in [5, 5.41) is 51.5. The van der Waals surface area contributed by atoms with Crippen molar-refractivity contribution in [1.29, 1.82) is 0 Å². The molecule has 3 fully saturated rings. The zero-order valence-electron chi connectivity index (χ0n) is 32.7. The van der Waals surface area contributed by atoms with Crippen molar-refractivity contribution in [3.8, 4) is 0 Å². The van der Waals surface area contributed by atoms with Gasteiger partial charge in [0, 0.05) is 25.2 Å². The predicted octanol–water partition coefficient (Wildman–Crippen LogP) is 2.43. The van der Waals surface area contributed by atoms with Gasteiger partial charge in [0.15, 0.2) is 17.5 Å². The van der Waals surface area contributed by atoms with Crippen LogP contribution in [0.5, 0.6) is 0 Å². The van der Waals surface area contributed by atoms with Gasteiger partial charge in [-0.1, -0.05) is 52.8 Å². The molecule has 2 bridgehead atoms. The molecule has 0 spiro atoms. The van der Waals surface area contributed by atoms with Crippen LogP contribution in [0.4, 0.5) is 0 Å². The molecule has 1 aromatic carbocycles. The maximum Gasteiger partial charge on any atom is 0.338 e. The van der Waals surface area contributed by atoms with Crippen LogP contribution in [0.1, 0.15) is 88.9 Å². The Balaban J connectivity index is 1.49. The molecule has 6 rings (SSSR count). The Labute approximate surface area is 324 Å². The van der Waals surface area contributed by atoms with E-state index in [-0.39, 0.29) is 35.3 Å². The molecule has 1 aromatic heterocycles. The lowest BCUT2D eigenvalue weighted by atomic mass is 9.44. The van der Waals surface area contributed by atoms with Crippen molar-refractivity contribution in [2.45, 2.75) is 122 Å². The number of ether oxygens (including phenoxy) is 4. The second-order valence-corrected chi connectivity index (χ2v) is 17.4. The Morgan fingerprint density at radius 2 is 1.66 bits per heavy atom. The Bertz CT molecular complexity index is 1920. The van der Waals surface area contributed by atoms with Crippen LogP contribution < -0.4 is 5.32 Å². The number of furan rings is 1. The van der Waals surface area contributed by atoms with Gasteiger partial charge in [0.05, 0.1) is 47.5 Å². The topological polar surface area (TPSA) is 228 Å². The van der Waals surface area contributed by atoms with Crippen LogP contribution >= 0.6 is 0 Å². The van der Waals surface area contributed by atoms with Crippen LogP contribution in [0.15, 0.2) is 64.5 Å². The molecule has 15 nitrogen and oxygen atoms in total. The van der Waals surface area contributed by atoms with E-state index in [9.17, 15) is 44.4 Å². The quantitative estimate of drug-likeness (QED) is 0.147. The van der Waals surface area contributed by atoms with E-state index >= 15 is 0 Å². The highest BCUT2D eigenvalue weighted by Crippen LogP contribution is 2.64. The Hall–Kier alpha value is -4.41. The van der Waals surface area contributed by atoms with Gasteiger partial charge >= 0.3 is 17.9 Å². The van der Waals surface area contributed by atoms with Crippen LogP contribution in [-0.4, -0.2) is 110 Å². The minimum Gasteiger partial charge on any atom is -0.472 e. The van der Waals surface area contributed by atoms with Gasteiger partial charge in [-0.25, -0.2) is 9.59 Å². The van der Waals surface area contributed by atoms with Crippen LogP contribution in [-0.2, 0) is 33.3 Å². The number of hydrogen-bond donors (Lipinski definition) is 5. The standard InChI is InChI=1S/C41H51NO14/c1-20-24(54-36(50)29(46)31(37(3,4)5)42-34(48)23-14-15-52-18-23)17-41(51)33(55-35(49)22-12-10-9-11-13-22)30-39(8,32(47)28(45)27(20)38(41,6)7)25(44)16-26-40(30,19-53-26)56-21(2)43/h9-15,18,24-26,28-31,33,44-46,51H,16-17,19H2,1-8H3,(H,42,48)/t24-,25-,26?,28+,29+,30-,31+,33-,39+,40-,41+/m0/s1. The summed E-state index contributed by atoms with van der Waals surface area (Å²) in [4.78, 5) is 68.8. The molecule has 11 atom stereocenters. The van der Waals surface area contributed by atoms with Crippen molar-refractivity contribution in [3.05, 3.63) is 71.2 Å². The smallest absolute Gasteiger partial charge is 0.338 e. The first-order valence-electron chi connectivity index (χ1n) is 18.6. The SMILES string of the molecule is CC(=O)O[C@@]12COC1C[C@H](O)[C@@]1(C)C(=O)[C@H](O)C3=C(C)[C@@H](OC(=O)[C@H](O)[C@@H](NC(=O)c4ccoc4)C(C)(C)C)C[C@@](O)([C@@H](OC(=O)c4ccccc4)[C@@H]12)C3(C)C. The fraction of sp³-hybridized carbons (Fsp3) is 0.585. The van der Waals surface area contributed by atoms with Crippen LogP contribution in [0.25, 0.3) is 0 Å². The van der Waals surface area contributed by atoms with Gasteiger partial charge in [-0.05, 0) is 48.6 Å². The summed E-state index contributed by atoms with van der Waals surface area (Å²) in [5.74, 6) is -5.91. The van der Waals surface area contributed by atoms with Crippen molar-refractivity contribution in [2.75, 3.05) is 6.61 Å². The summed E-state index contributed by atoms with van der Waals surface area (Å²) in [6.07, 6.45) is -7.86. The van der Waals surface area contributed by atoms with Gasteiger partial charge in [-0.3, -0.25) is 14.4 Å². The number of nitrogens with one attached hydrogen (secondary N) is 1. The number of aliphatic hydroxyl groups excluding tert-OH is 3. The molecular formula is C41H51NO14. The average Bonchev–Trinajstić information content (AvgIpc) is 3.67. The molecule has 1 amide bonds. The van der Waals surface area contributed by atoms with Gasteiger partial charge in [0.25, 0.3) is 5.91 Å². The normalized spacial score (nSPS) is 34.6. The van der Waals surface area contributed by atoms with Crippen molar-refractivity contribution >= 4 is 29.6 Å². The highest BCUT2D eigenvalue weighted by molar-refractivity contribution is 5.95.